The highest BCUT2D eigenvalue weighted by Gasteiger charge is 2.23. The number of hydrogen-bond acceptors (Lipinski definition) is 3. The lowest BCUT2D eigenvalue weighted by Gasteiger charge is -2.27. The molecule has 0 unspecified atom stereocenters. The smallest absolute Gasteiger partial charge is 0.239 e. The van der Waals surface area contributed by atoms with Gasteiger partial charge in [0.2, 0.25) is 11.8 Å². The summed E-state index contributed by atoms with van der Waals surface area (Å²) in [5.41, 5.74) is -0.458. The third kappa shape index (κ3) is 3.87. The number of carbonyl (C=O) groups is 2. The van der Waals surface area contributed by atoms with Gasteiger partial charge in [0, 0.05) is 5.41 Å². The van der Waals surface area contributed by atoms with Gasteiger partial charge in [0.25, 0.3) is 0 Å². The Balaban J connectivity index is 2.18. The maximum Gasteiger partial charge on any atom is 0.239 e. The van der Waals surface area contributed by atoms with Gasteiger partial charge >= 0.3 is 0 Å². The zero-order valence-electron chi connectivity index (χ0n) is 9.42. The van der Waals surface area contributed by atoms with E-state index in [1.807, 2.05) is 0 Å². The highest BCUT2D eigenvalue weighted by atomic mass is 16.5. The van der Waals surface area contributed by atoms with Crippen molar-refractivity contribution in [3.63, 3.8) is 0 Å². The number of carbonyl (C=O) groups excluding carboxylic acids is 2. The predicted octanol–water partition coefficient (Wildman–Crippen LogP) is -0.336. The first kappa shape index (κ1) is 12.0. The second kappa shape index (κ2) is 4.61. The molecule has 1 aliphatic heterocycles. The molecule has 2 amide bonds. The molecule has 5 heteroatoms. The van der Waals surface area contributed by atoms with Gasteiger partial charge < -0.3 is 15.4 Å². The van der Waals surface area contributed by atoms with Crippen LogP contribution in [0.1, 0.15) is 20.8 Å². The van der Waals surface area contributed by atoms with Crippen LogP contribution in [0.2, 0.25) is 0 Å². The monoisotopic (exact) mass is 214 g/mol. The van der Waals surface area contributed by atoms with E-state index in [4.69, 9.17) is 4.74 Å². The molecule has 0 spiro atoms. The van der Waals surface area contributed by atoms with Crippen LogP contribution in [0, 0.1) is 5.41 Å². The van der Waals surface area contributed by atoms with Gasteiger partial charge in [0.05, 0.1) is 25.8 Å². The Kier molecular flexibility index (Phi) is 3.68. The van der Waals surface area contributed by atoms with Crippen LogP contribution < -0.4 is 10.6 Å². The normalized spacial score (nSPS) is 16.7. The molecule has 0 aromatic carbocycles. The molecule has 1 heterocycles. The van der Waals surface area contributed by atoms with Gasteiger partial charge in [-0.2, -0.15) is 0 Å². The van der Waals surface area contributed by atoms with Crippen molar-refractivity contribution < 1.29 is 14.3 Å². The lowest BCUT2D eigenvalue weighted by Crippen LogP contribution is -2.51. The quantitative estimate of drug-likeness (QED) is 0.675. The van der Waals surface area contributed by atoms with Crippen LogP contribution in [-0.4, -0.2) is 37.6 Å². The number of amides is 2. The topological polar surface area (TPSA) is 67.4 Å². The van der Waals surface area contributed by atoms with Crippen molar-refractivity contribution in [1.82, 2.24) is 10.6 Å². The van der Waals surface area contributed by atoms with E-state index in [1.54, 1.807) is 20.8 Å². The molecule has 0 aromatic heterocycles. The molecule has 1 saturated heterocycles. The minimum Gasteiger partial charge on any atom is -0.377 e. The number of hydrogen-bond donors (Lipinski definition) is 2. The fraction of sp³-hybridized carbons (Fsp3) is 0.800. The molecular weight excluding hydrogens is 196 g/mol. The third-order valence-electron chi connectivity index (χ3n) is 2.09. The van der Waals surface area contributed by atoms with Crippen LogP contribution in [0.25, 0.3) is 0 Å². The van der Waals surface area contributed by atoms with Gasteiger partial charge in [-0.15, -0.1) is 0 Å². The molecule has 1 fully saturated rings. The van der Waals surface area contributed by atoms with Crippen LogP contribution >= 0.6 is 0 Å². The molecule has 0 radical (unpaired) electrons. The molecule has 2 N–H and O–H groups in total. The van der Waals surface area contributed by atoms with E-state index in [2.05, 4.69) is 10.6 Å². The molecule has 1 aliphatic rings. The Labute approximate surface area is 89.6 Å². The van der Waals surface area contributed by atoms with Crippen LogP contribution in [0.3, 0.4) is 0 Å². The standard InChI is InChI=1S/C10H18N2O3/c1-10(2,3)9(14)11-4-8(13)12-7-5-15-6-7/h7H,4-6H2,1-3H3,(H,11,14)(H,12,13). The molecule has 0 bridgehead atoms. The Morgan fingerprint density at radius 2 is 1.93 bits per heavy atom. The largest absolute Gasteiger partial charge is 0.377 e. The summed E-state index contributed by atoms with van der Waals surface area (Å²) in [5, 5.41) is 5.33. The maximum absolute atomic E-state index is 11.4. The van der Waals surface area contributed by atoms with Crippen molar-refractivity contribution in [2.24, 2.45) is 5.41 Å². The highest BCUT2D eigenvalue weighted by molar-refractivity contribution is 5.87. The van der Waals surface area contributed by atoms with E-state index >= 15 is 0 Å². The van der Waals surface area contributed by atoms with Gasteiger partial charge in [0.1, 0.15) is 0 Å². The summed E-state index contributed by atoms with van der Waals surface area (Å²) < 4.78 is 4.91. The fourth-order valence-corrected chi connectivity index (χ4v) is 1.02. The average Bonchev–Trinajstić information content (AvgIpc) is 2.05. The summed E-state index contributed by atoms with van der Waals surface area (Å²) >= 11 is 0. The first-order valence-electron chi connectivity index (χ1n) is 5.05. The molecule has 0 saturated carbocycles. The molecule has 0 aromatic rings. The number of ether oxygens (including phenoxy) is 1. The molecule has 15 heavy (non-hydrogen) atoms. The first-order valence-corrected chi connectivity index (χ1v) is 5.05. The predicted molar refractivity (Wildman–Crippen MR) is 55.2 cm³/mol. The van der Waals surface area contributed by atoms with Crippen LogP contribution in [-0.2, 0) is 14.3 Å². The Hall–Kier alpha value is -1.10. The fourth-order valence-electron chi connectivity index (χ4n) is 1.02. The molecule has 1 rings (SSSR count). The van der Waals surface area contributed by atoms with Crippen LogP contribution in [0.4, 0.5) is 0 Å². The van der Waals surface area contributed by atoms with E-state index in [0.29, 0.717) is 13.2 Å². The van der Waals surface area contributed by atoms with E-state index in [-0.39, 0.29) is 24.4 Å². The molecule has 5 nitrogen and oxygen atoms in total. The Morgan fingerprint density at radius 3 is 2.33 bits per heavy atom. The SMILES string of the molecule is CC(C)(C)C(=O)NCC(=O)NC1COC1. The lowest BCUT2D eigenvalue weighted by atomic mass is 9.96. The van der Waals surface area contributed by atoms with Crippen molar-refractivity contribution >= 4 is 11.8 Å². The van der Waals surface area contributed by atoms with E-state index in [9.17, 15) is 9.59 Å². The molecule has 0 aliphatic carbocycles. The van der Waals surface area contributed by atoms with Crippen molar-refractivity contribution in [2.75, 3.05) is 19.8 Å². The van der Waals surface area contributed by atoms with Crippen molar-refractivity contribution in [3.8, 4) is 0 Å². The summed E-state index contributed by atoms with van der Waals surface area (Å²) in [6.45, 7) is 6.59. The molecule has 86 valence electrons. The Morgan fingerprint density at radius 1 is 1.33 bits per heavy atom. The summed E-state index contributed by atoms with van der Waals surface area (Å²) in [6, 6.07) is 0.115. The number of rotatable bonds is 3. The summed E-state index contributed by atoms with van der Waals surface area (Å²) in [6.07, 6.45) is 0. The van der Waals surface area contributed by atoms with E-state index in [1.165, 1.54) is 0 Å². The zero-order valence-corrected chi connectivity index (χ0v) is 9.42. The second-order valence-corrected chi connectivity index (χ2v) is 4.73. The maximum atomic E-state index is 11.4. The average molecular weight is 214 g/mol. The van der Waals surface area contributed by atoms with Gasteiger partial charge in [-0.05, 0) is 0 Å². The van der Waals surface area contributed by atoms with E-state index in [0.717, 1.165) is 0 Å². The van der Waals surface area contributed by atoms with Crippen LogP contribution in [0.5, 0.6) is 0 Å². The highest BCUT2D eigenvalue weighted by Crippen LogP contribution is 2.11. The van der Waals surface area contributed by atoms with Crippen molar-refractivity contribution in [1.29, 1.82) is 0 Å². The van der Waals surface area contributed by atoms with Gasteiger partial charge in [-0.25, -0.2) is 0 Å². The van der Waals surface area contributed by atoms with Gasteiger partial charge in [-0.3, -0.25) is 9.59 Å². The summed E-state index contributed by atoms with van der Waals surface area (Å²) in [5.74, 6) is -0.289. The van der Waals surface area contributed by atoms with Crippen molar-refractivity contribution in [2.45, 2.75) is 26.8 Å². The minimum absolute atomic E-state index is 0.0343. The summed E-state index contributed by atoms with van der Waals surface area (Å²) in [7, 11) is 0. The van der Waals surface area contributed by atoms with Gasteiger partial charge in [-0.1, -0.05) is 20.8 Å². The van der Waals surface area contributed by atoms with E-state index < -0.39 is 5.41 Å². The third-order valence-corrected chi connectivity index (χ3v) is 2.09. The number of nitrogens with one attached hydrogen (secondary N) is 2. The molecular formula is C10H18N2O3. The van der Waals surface area contributed by atoms with Crippen molar-refractivity contribution in [3.05, 3.63) is 0 Å². The van der Waals surface area contributed by atoms with Crippen LogP contribution in [0.15, 0.2) is 0 Å². The summed E-state index contributed by atoms with van der Waals surface area (Å²) in [4.78, 5) is 22.7. The first-order chi connectivity index (χ1) is 6.89. The Bertz CT molecular complexity index is 254. The lowest BCUT2D eigenvalue weighted by molar-refractivity contribution is -0.132. The second-order valence-electron chi connectivity index (χ2n) is 4.73. The van der Waals surface area contributed by atoms with Gasteiger partial charge in [0.15, 0.2) is 0 Å². The minimum atomic E-state index is -0.458. The molecule has 0 atom stereocenters. The zero-order chi connectivity index (χ0) is 11.5.